The Morgan fingerprint density at radius 1 is 1.38 bits per heavy atom. The third kappa shape index (κ3) is 1.95. The molecule has 4 N–H and O–H groups in total. The lowest BCUT2D eigenvalue weighted by Gasteiger charge is -2.15. The Kier molecular flexibility index (Phi) is 3.16. The molecule has 0 spiro atoms. The van der Waals surface area contributed by atoms with Gasteiger partial charge in [-0.1, -0.05) is 0 Å². The molecular weight excluding hydrogens is 200 g/mol. The number of aryl methyl sites for hydroxylation is 1. The average Bonchev–Trinajstić information content (AvgIpc) is 1.99. The molecule has 1 rings (SSSR count). The largest absolute Gasteiger partial charge is 0.398 e. The molecule has 0 bridgehead atoms. The average molecular weight is 214 g/mol. The molecule has 0 saturated carbocycles. The van der Waals surface area contributed by atoms with Crippen LogP contribution < -0.4 is 11.5 Å². The highest BCUT2D eigenvalue weighted by Gasteiger charge is 2.12. The molecule has 2 nitrogen and oxygen atoms in total. The van der Waals surface area contributed by atoms with Crippen molar-refractivity contribution in [3.8, 4) is 0 Å². The van der Waals surface area contributed by atoms with E-state index in [-0.39, 0.29) is 6.04 Å². The summed E-state index contributed by atoms with van der Waals surface area (Å²) in [4.78, 5) is 1.60. The van der Waals surface area contributed by atoms with Gasteiger partial charge in [-0.15, -0.1) is 25.3 Å². The maximum Gasteiger partial charge on any atom is 0.0483 e. The van der Waals surface area contributed by atoms with E-state index in [0.717, 1.165) is 20.9 Å². The van der Waals surface area contributed by atoms with Crippen molar-refractivity contribution in [2.24, 2.45) is 5.73 Å². The van der Waals surface area contributed by atoms with E-state index in [2.05, 4.69) is 25.3 Å². The number of hydrogen-bond acceptors (Lipinski definition) is 4. The van der Waals surface area contributed by atoms with Crippen LogP contribution in [0.3, 0.4) is 0 Å². The normalized spacial score (nSPS) is 13.0. The SMILES string of the molecule is Cc1cc(S)c(C(C)N)c(S)c1N. The first-order valence-corrected chi connectivity index (χ1v) is 4.91. The molecule has 1 aromatic carbocycles. The van der Waals surface area contributed by atoms with Gasteiger partial charge >= 0.3 is 0 Å². The van der Waals surface area contributed by atoms with Gasteiger partial charge < -0.3 is 11.5 Å². The molecule has 13 heavy (non-hydrogen) atoms. The minimum atomic E-state index is -0.0945. The summed E-state index contributed by atoms with van der Waals surface area (Å²) in [6, 6.07) is 1.82. The van der Waals surface area contributed by atoms with Crippen molar-refractivity contribution in [2.75, 3.05) is 5.73 Å². The fraction of sp³-hybridized carbons (Fsp3) is 0.333. The van der Waals surface area contributed by atoms with E-state index in [1.165, 1.54) is 0 Å². The van der Waals surface area contributed by atoms with Gasteiger partial charge in [0.25, 0.3) is 0 Å². The molecule has 4 heteroatoms. The zero-order valence-electron chi connectivity index (χ0n) is 7.70. The smallest absolute Gasteiger partial charge is 0.0483 e. The van der Waals surface area contributed by atoms with Gasteiger partial charge in [0.1, 0.15) is 0 Å². The van der Waals surface area contributed by atoms with Crippen LogP contribution >= 0.6 is 25.3 Å². The zero-order chi connectivity index (χ0) is 10.2. The molecule has 1 unspecified atom stereocenters. The molecule has 0 heterocycles. The van der Waals surface area contributed by atoms with Gasteiger partial charge in [-0.25, -0.2) is 0 Å². The van der Waals surface area contributed by atoms with Crippen LogP contribution in [0.15, 0.2) is 15.9 Å². The van der Waals surface area contributed by atoms with E-state index in [4.69, 9.17) is 11.5 Å². The number of rotatable bonds is 1. The monoisotopic (exact) mass is 214 g/mol. The lowest BCUT2D eigenvalue weighted by molar-refractivity contribution is 0.776. The highest BCUT2D eigenvalue weighted by Crippen LogP contribution is 2.33. The second-order valence-corrected chi connectivity index (χ2v) is 4.11. The van der Waals surface area contributed by atoms with E-state index in [1.807, 2.05) is 19.9 Å². The maximum absolute atomic E-state index is 5.82. The van der Waals surface area contributed by atoms with Crippen LogP contribution in [0.2, 0.25) is 0 Å². The summed E-state index contributed by atoms with van der Waals surface area (Å²) in [6.45, 7) is 3.82. The van der Waals surface area contributed by atoms with Crippen LogP contribution in [0.5, 0.6) is 0 Å². The Morgan fingerprint density at radius 2 is 1.92 bits per heavy atom. The molecule has 0 aliphatic carbocycles. The molecule has 0 radical (unpaired) electrons. The predicted molar refractivity (Wildman–Crippen MR) is 62.7 cm³/mol. The van der Waals surface area contributed by atoms with Crippen LogP contribution in [0.4, 0.5) is 5.69 Å². The molecule has 0 aliphatic heterocycles. The van der Waals surface area contributed by atoms with Gasteiger partial charge in [0, 0.05) is 21.5 Å². The highest BCUT2D eigenvalue weighted by atomic mass is 32.1. The quantitative estimate of drug-likeness (QED) is 0.428. The fourth-order valence-corrected chi connectivity index (χ4v) is 2.36. The standard InChI is InChI=1S/C9H14N2S2/c1-4-3-6(12)7(5(2)10)9(13)8(4)11/h3,5,12-13H,10-11H2,1-2H3. The number of nitrogen functional groups attached to an aromatic ring is 1. The van der Waals surface area contributed by atoms with Crippen molar-refractivity contribution in [3.05, 3.63) is 17.2 Å². The maximum atomic E-state index is 5.82. The van der Waals surface area contributed by atoms with Crippen LogP contribution in [-0.2, 0) is 0 Å². The fourth-order valence-electron chi connectivity index (χ4n) is 1.26. The summed E-state index contributed by atoms with van der Waals surface area (Å²) in [5.74, 6) is 0. The van der Waals surface area contributed by atoms with E-state index >= 15 is 0 Å². The Balaban J connectivity index is 3.44. The topological polar surface area (TPSA) is 52.0 Å². The van der Waals surface area contributed by atoms with Crippen LogP contribution in [0, 0.1) is 6.92 Å². The van der Waals surface area contributed by atoms with Gasteiger partial charge in [0.2, 0.25) is 0 Å². The molecular formula is C9H14N2S2. The Hall–Kier alpha value is -0.320. The zero-order valence-corrected chi connectivity index (χ0v) is 9.49. The molecule has 0 saturated heterocycles. The minimum Gasteiger partial charge on any atom is -0.398 e. The van der Waals surface area contributed by atoms with Gasteiger partial charge in [-0.3, -0.25) is 0 Å². The summed E-state index contributed by atoms with van der Waals surface area (Å²) in [6.07, 6.45) is 0. The van der Waals surface area contributed by atoms with Crippen LogP contribution in [0.1, 0.15) is 24.1 Å². The second-order valence-electron chi connectivity index (χ2n) is 3.18. The summed E-state index contributed by atoms with van der Waals surface area (Å²) < 4.78 is 0. The first kappa shape index (κ1) is 10.8. The summed E-state index contributed by atoms with van der Waals surface area (Å²) in [7, 11) is 0. The number of nitrogens with two attached hydrogens (primary N) is 2. The first-order chi connectivity index (χ1) is 5.95. The third-order valence-electron chi connectivity index (χ3n) is 2.02. The van der Waals surface area contributed by atoms with E-state index in [9.17, 15) is 0 Å². The van der Waals surface area contributed by atoms with Gasteiger partial charge in [0.05, 0.1) is 0 Å². The summed E-state index contributed by atoms with van der Waals surface area (Å²) in [5.41, 5.74) is 14.2. The van der Waals surface area contributed by atoms with Crippen molar-refractivity contribution >= 4 is 30.9 Å². The lowest BCUT2D eigenvalue weighted by atomic mass is 10.1. The number of anilines is 1. The second kappa shape index (κ2) is 3.82. The molecule has 0 amide bonds. The van der Waals surface area contributed by atoms with Crippen molar-refractivity contribution < 1.29 is 0 Å². The van der Waals surface area contributed by atoms with E-state index < -0.39 is 0 Å². The molecule has 72 valence electrons. The molecule has 0 aliphatic rings. The Bertz CT molecular complexity index is 335. The van der Waals surface area contributed by atoms with E-state index in [0.29, 0.717) is 5.69 Å². The molecule has 0 fully saturated rings. The first-order valence-electron chi connectivity index (χ1n) is 4.01. The van der Waals surface area contributed by atoms with Gasteiger partial charge in [-0.2, -0.15) is 0 Å². The summed E-state index contributed by atoms with van der Waals surface area (Å²) >= 11 is 8.68. The molecule has 1 aromatic rings. The van der Waals surface area contributed by atoms with Gasteiger partial charge in [0.15, 0.2) is 0 Å². The lowest BCUT2D eigenvalue weighted by Crippen LogP contribution is -2.09. The van der Waals surface area contributed by atoms with E-state index in [1.54, 1.807) is 0 Å². The van der Waals surface area contributed by atoms with Crippen molar-refractivity contribution in [1.82, 2.24) is 0 Å². The Labute approximate surface area is 89.5 Å². The molecule has 1 atom stereocenters. The highest BCUT2D eigenvalue weighted by molar-refractivity contribution is 7.81. The number of hydrogen-bond donors (Lipinski definition) is 4. The minimum absolute atomic E-state index is 0.0945. The van der Waals surface area contributed by atoms with Crippen LogP contribution in [0.25, 0.3) is 0 Å². The summed E-state index contributed by atoms with van der Waals surface area (Å²) in [5, 5.41) is 0. The number of benzene rings is 1. The predicted octanol–water partition coefficient (Wildman–Crippen LogP) is 2.17. The van der Waals surface area contributed by atoms with Crippen molar-refractivity contribution in [3.63, 3.8) is 0 Å². The molecule has 0 aromatic heterocycles. The number of thiol groups is 2. The Morgan fingerprint density at radius 3 is 2.38 bits per heavy atom. The van der Waals surface area contributed by atoms with Crippen molar-refractivity contribution in [2.45, 2.75) is 29.7 Å². The third-order valence-corrected chi connectivity index (χ3v) is 2.87. The van der Waals surface area contributed by atoms with Crippen LogP contribution in [-0.4, -0.2) is 0 Å². The van der Waals surface area contributed by atoms with Crippen molar-refractivity contribution in [1.29, 1.82) is 0 Å². The van der Waals surface area contributed by atoms with Gasteiger partial charge in [-0.05, 0) is 31.0 Å².